The van der Waals surface area contributed by atoms with Gasteiger partial charge in [0.05, 0.1) is 0 Å². The Hall–Kier alpha value is -0.260. The highest BCUT2D eigenvalue weighted by Crippen LogP contribution is 2.20. The van der Waals surface area contributed by atoms with Crippen LogP contribution < -0.4 is 0 Å². The predicted octanol–water partition coefficient (Wildman–Crippen LogP) is 3.05. The van der Waals surface area contributed by atoms with Gasteiger partial charge in [0, 0.05) is 26.8 Å². The van der Waals surface area contributed by atoms with Gasteiger partial charge in [0.15, 0.2) is 0 Å². The van der Waals surface area contributed by atoms with Gasteiger partial charge in [0.1, 0.15) is 4.90 Å². The molecule has 2 nitrogen and oxygen atoms in total. The van der Waals surface area contributed by atoms with Gasteiger partial charge in [-0.15, -0.1) is 3.89 Å². The molecule has 1 aromatic carbocycles. The van der Waals surface area contributed by atoms with Crippen LogP contribution in [0.1, 0.15) is 11.1 Å². The van der Waals surface area contributed by atoms with Crippen molar-refractivity contribution in [3.05, 3.63) is 29.3 Å². The first-order valence-corrected chi connectivity index (χ1v) is 8.54. The van der Waals surface area contributed by atoms with E-state index in [0.29, 0.717) is 11.1 Å². The van der Waals surface area contributed by atoms with E-state index < -0.39 is 10.2 Å². The van der Waals surface area contributed by atoms with Crippen molar-refractivity contribution in [1.82, 2.24) is 0 Å². The topological polar surface area (TPSA) is 34.1 Å². The monoisotopic (exact) mass is 356 g/mol. The first-order valence-electron chi connectivity index (χ1n) is 3.79. The van der Waals surface area contributed by atoms with Crippen LogP contribution in [0.5, 0.6) is 0 Å². The summed E-state index contributed by atoms with van der Waals surface area (Å²) in [6.07, 6.45) is 0. The van der Waals surface area contributed by atoms with Crippen molar-refractivity contribution in [2.24, 2.45) is 0 Å². The van der Waals surface area contributed by atoms with Crippen LogP contribution in [0.25, 0.3) is 0 Å². The van der Waals surface area contributed by atoms with Gasteiger partial charge in [-0.1, -0.05) is 12.0 Å². The summed E-state index contributed by atoms with van der Waals surface area (Å²) in [5.41, 5.74) is 0.871. The lowest BCUT2D eigenvalue weighted by atomic mass is 10.1. The molecule has 1 rings (SSSR count). The zero-order valence-electron chi connectivity index (χ0n) is 7.62. The van der Waals surface area contributed by atoms with Crippen molar-refractivity contribution >= 4 is 40.4 Å². The molecule has 15 heavy (non-hydrogen) atoms. The lowest BCUT2D eigenvalue weighted by molar-refractivity contribution is 0.551. The van der Waals surface area contributed by atoms with E-state index in [-0.39, 0.29) is 4.90 Å². The van der Waals surface area contributed by atoms with E-state index in [1.165, 1.54) is 28.0 Å². The Bertz CT molecular complexity index is 529. The Balaban J connectivity index is 3.36. The van der Waals surface area contributed by atoms with Crippen LogP contribution in [-0.4, -0.2) is 8.42 Å². The van der Waals surface area contributed by atoms with Crippen LogP contribution >= 0.6 is 30.1 Å². The largest absolute Gasteiger partial charge is 0.332 e. The van der Waals surface area contributed by atoms with Gasteiger partial charge >= 0.3 is 10.2 Å². The molecule has 0 N–H and O–H groups in total. The molecular formula is C9H6FIO2S2. The molecule has 0 aliphatic rings. The molecule has 0 radical (unpaired) electrons. The second-order valence-electron chi connectivity index (χ2n) is 2.67. The van der Waals surface area contributed by atoms with Crippen molar-refractivity contribution in [1.29, 1.82) is 0 Å². The summed E-state index contributed by atoms with van der Waals surface area (Å²) in [4.78, 5) is -0.312. The van der Waals surface area contributed by atoms with E-state index in [0.717, 1.165) is 0 Å². The summed E-state index contributed by atoms with van der Waals surface area (Å²) in [5, 5.41) is 2.72. The number of benzene rings is 1. The van der Waals surface area contributed by atoms with Gasteiger partial charge in [0.2, 0.25) is 0 Å². The summed E-state index contributed by atoms with van der Waals surface area (Å²) >= 11 is 2.00. The molecule has 0 amide bonds. The van der Waals surface area contributed by atoms with Crippen LogP contribution in [-0.2, 0) is 10.2 Å². The minimum Gasteiger partial charge on any atom is -0.189 e. The van der Waals surface area contributed by atoms with E-state index in [1.54, 1.807) is 6.07 Å². The van der Waals surface area contributed by atoms with Gasteiger partial charge in [-0.2, -0.15) is 8.42 Å². The molecule has 0 atom stereocenters. The third-order valence-electron chi connectivity index (χ3n) is 1.77. The van der Waals surface area contributed by atoms with E-state index in [9.17, 15) is 12.3 Å². The number of hydrogen-bond donors (Lipinski definition) is 0. The molecular weight excluding hydrogens is 350 g/mol. The second-order valence-corrected chi connectivity index (χ2v) is 5.67. The van der Waals surface area contributed by atoms with E-state index in [4.69, 9.17) is 0 Å². The Labute approximate surface area is 104 Å². The van der Waals surface area contributed by atoms with Crippen LogP contribution in [0.3, 0.4) is 0 Å². The molecule has 0 unspecified atom stereocenters. The Morgan fingerprint density at radius 2 is 2.13 bits per heavy atom. The number of rotatable bonds is 1. The SMILES string of the molecule is Cc1c(C#CSI)cccc1S(=O)(=O)F. The average Bonchev–Trinajstić information content (AvgIpc) is 2.14. The van der Waals surface area contributed by atoms with Gasteiger partial charge in [-0.05, 0) is 38.8 Å². The maximum absolute atomic E-state index is 12.8. The highest BCUT2D eigenvalue weighted by molar-refractivity contribution is 14.2. The molecule has 0 bridgehead atoms. The van der Waals surface area contributed by atoms with E-state index in [1.807, 2.05) is 21.2 Å². The summed E-state index contributed by atoms with van der Waals surface area (Å²) in [7, 11) is -3.37. The molecule has 0 saturated heterocycles. The fourth-order valence-corrected chi connectivity index (χ4v) is 2.28. The average molecular weight is 356 g/mol. The summed E-state index contributed by atoms with van der Waals surface area (Å²) in [6.45, 7) is 1.54. The fraction of sp³-hybridized carbons (Fsp3) is 0.111. The fourth-order valence-electron chi connectivity index (χ4n) is 1.09. The lowest BCUT2D eigenvalue weighted by Gasteiger charge is -2.02. The molecule has 6 heteroatoms. The normalized spacial score (nSPS) is 10.6. The Morgan fingerprint density at radius 3 is 2.67 bits per heavy atom. The van der Waals surface area contributed by atoms with Crippen LogP contribution in [0.15, 0.2) is 23.1 Å². The third-order valence-corrected chi connectivity index (χ3v) is 3.58. The molecule has 0 aliphatic carbocycles. The molecule has 0 aliphatic heterocycles. The van der Waals surface area contributed by atoms with Gasteiger partial charge in [0.25, 0.3) is 0 Å². The molecule has 80 valence electrons. The zero-order valence-corrected chi connectivity index (χ0v) is 11.4. The van der Waals surface area contributed by atoms with Crippen molar-refractivity contribution in [3.8, 4) is 11.2 Å². The van der Waals surface area contributed by atoms with E-state index >= 15 is 0 Å². The highest BCUT2D eigenvalue weighted by atomic mass is 127. The second kappa shape index (κ2) is 5.18. The van der Waals surface area contributed by atoms with Crippen LogP contribution in [0.4, 0.5) is 3.89 Å². The Kier molecular flexibility index (Phi) is 4.43. The first-order chi connectivity index (χ1) is 6.96. The molecule has 1 aromatic rings. The van der Waals surface area contributed by atoms with Gasteiger partial charge in [-0.25, -0.2) is 0 Å². The number of halogens is 2. The smallest absolute Gasteiger partial charge is 0.189 e. The predicted molar refractivity (Wildman–Crippen MR) is 68.0 cm³/mol. The first kappa shape index (κ1) is 12.8. The summed E-state index contributed by atoms with van der Waals surface area (Å²) in [5.74, 6) is 2.75. The van der Waals surface area contributed by atoms with Crippen LogP contribution in [0.2, 0.25) is 0 Å². The zero-order chi connectivity index (χ0) is 11.5. The molecule has 0 spiro atoms. The maximum Gasteiger partial charge on any atom is 0.332 e. The lowest BCUT2D eigenvalue weighted by Crippen LogP contribution is -1.97. The standard InChI is InChI=1S/C9H6FIO2S2/c1-7-8(5-6-14-11)3-2-4-9(7)15(10,12)13/h2-4H,1H3. The minimum absolute atomic E-state index is 0.312. The molecule has 0 heterocycles. The minimum atomic E-state index is -4.66. The summed E-state index contributed by atoms with van der Waals surface area (Å²) < 4.78 is 34.3. The molecule has 0 fully saturated rings. The van der Waals surface area contributed by atoms with Crippen molar-refractivity contribution < 1.29 is 12.3 Å². The van der Waals surface area contributed by atoms with Gasteiger partial charge < -0.3 is 0 Å². The maximum atomic E-state index is 12.8. The molecule has 0 saturated carbocycles. The molecule has 0 aromatic heterocycles. The number of hydrogen-bond acceptors (Lipinski definition) is 3. The van der Waals surface area contributed by atoms with Crippen molar-refractivity contribution in [2.45, 2.75) is 11.8 Å². The van der Waals surface area contributed by atoms with E-state index in [2.05, 4.69) is 11.2 Å². The van der Waals surface area contributed by atoms with Gasteiger partial charge in [-0.3, -0.25) is 0 Å². The quantitative estimate of drug-likeness (QED) is 0.441. The van der Waals surface area contributed by atoms with Crippen LogP contribution in [0, 0.1) is 18.1 Å². The highest BCUT2D eigenvalue weighted by Gasteiger charge is 2.16. The van der Waals surface area contributed by atoms with Crippen molar-refractivity contribution in [3.63, 3.8) is 0 Å². The van der Waals surface area contributed by atoms with Crippen molar-refractivity contribution in [2.75, 3.05) is 0 Å². The summed E-state index contributed by atoms with van der Waals surface area (Å²) in [6, 6.07) is 4.36. The third kappa shape index (κ3) is 3.36. The Morgan fingerprint density at radius 1 is 1.47 bits per heavy atom.